The van der Waals surface area contributed by atoms with Crippen LogP contribution in [0.5, 0.6) is 0 Å². The molecule has 0 radical (unpaired) electrons. The average molecular weight is 283 g/mol. The lowest BCUT2D eigenvalue weighted by molar-refractivity contribution is 0.425. The summed E-state index contributed by atoms with van der Waals surface area (Å²) in [5.41, 5.74) is 2.57. The van der Waals surface area contributed by atoms with E-state index in [-0.39, 0.29) is 5.54 Å². The molecule has 2 heterocycles. The molecule has 1 aromatic heterocycles. The van der Waals surface area contributed by atoms with Gasteiger partial charge in [0.1, 0.15) is 5.82 Å². The first-order valence-corrected chi connectivity index (χ1v) is 7.92. The zero-order valence-electron chi connectivity index (χ0n) is 13.3. The van der Waals surface area contributed by atoms with Crippen LogP contribution < -0.4 is 10.2 Å². The molecule has 112 valence electrons. The summed E-state index contributed by atoms with van der Waals surface area (Å²) < 4.78 is 0. The van der Waals surface area contributed by atoms with Gasteiger partial charge in [-0.05, 0) is 51.3 Å². The van der Waals surface area contributed by atoms with Gasteiger partial charge in [0.05, 0.1) is 5.52 Å². The molecule has 3 rings (SSSR count). The van der Waals surface area contributed by atoms with Crippen molar-refractivity contribution in [3.05, 3.63) is 35.9 Å². The van der Waals surface area contributed by atoms with Crippen LogP contribution in [0.15, 0.2) is 30.3 Å². The number of nitrogens with one attached hydrogen (secondary N) is 1. The van der Waals surface area contributed by atoms with Crippen LogP contribution >= 0.6 is 0 Å². The largest absolute Gasteiger partial charge is 0.357 e. The Hall–Kier alpha value is -1.61. The van der Waals surface area contributed by atoms with Gasteiger partial charge in [0, 0.05) is 30.6 Å². The van der Waals surface area contributed by atoms with E-state index in [1.54, 1.807) is 0 Å². The van der Waals surface area contributed by atoms with Crippen LogP contribution in [0.4, 0.5) is 5.82 Å². The van der Waals surface area contributed by atoms with Crippen LogP contribution in [0.25, 0.3) is 10.9 Å². The second kappa shape index (κ2) is 5.64. The van der Waals surface area contributed by atoms with Crippen LogP contribution in [0.3, 0.4) is 0 Å². The van der Waals surface area contributed by atoms with Crippen molar-refractivity contribution in [2.75, 3.05) is 18.0 Å². The lowest BCUT2D eigenvalue weighted by Gasteiger charge is -2.23. The van der Waals surface area contributed by atoms with Crippen molar-refractivity contribution in [3.8, 4) is 0 Å². The lowest BCUT2D eigenvalue weighted by Crippen LogP contribution is -2.35. The molecule has 3 nitrogen and oxygen atoms in total. The molecule has 1 aromatic carbocycles. The molecule has 1 N–H and O–H groups in total. The Morgan fingerprint density at radius 3 is 2.57 bits per heavy atom. The molecule has 0 atom stereocenters. The number of pyridine rings is 1. The molecule has 0 amide bonds. The molecule has 21 heavy (non-hydrogen) atoms. The van der Waals surface area contributed by atoms with Gasteiger partial charge in [-0.2, -0.15) is 0 Å². The monoisotopic (exact) mass is 283 g/mol. The number of rotatable bonds is 3. The van der Waals surface area contributed by atoms with Crippen molar-refractivity contribution in [2.24, 2.45) is 0 Å². The van der Waals surface area contributed by atoms with Gasteiger partial charge in [0.25, 0.3) is 0 Å². The van der Waals surface area contributed by atoms with E-state index in [0.717, 1.165) is 31.0 Å². The zero-order valence-corrected chi connectivity index (χ0v) is 13.3. The van der Waals surface area contributed by atoms with Crippen molar-refractivity contribution in [2.45, 2.75) is 45.7 Å². The quantitative estimate of drug-likeness (QED) is 0.930. The van der Waals surface area contributed by atoms with Gasteiger partial charge < -0.3 is 10.2 Å². The van der Waals surface area contributed by atoms with Gasteiger partial charge in [-0.1, -0.05) is 18.2 Å². The van der Waals surface area contributed by atoms with Gasteiger partial charge in [0.2, 0.25) is 0 Å². The van der Waals surface area contributed by atoms with E-state index in [4.69, 9.17) is 4.98 Å². The molecule has 2 aromatic rings. The Kier molecular flexibility index (Phi) is 3.85. The predicted molar refractivity (Wildman–Crippen MR) is 89.8 cm³/mol. The second-order valence-corrected chi connectivity index (χ2v) is 6.95. The highest BCUT2D eigenvalue weighted by Gasteiger charge is 2.16. The predicted octanol–water partition coefficient (Wildman–Crippen LogP) is 3.72. The Balaban J connectivity index is 1.98. The molecular formula is C18H25N3. The summed E-state index contributed by atoms with van der Waals surface area (Å²) in [6.07, 6.45) is 2.56. The summed E-state index contributed by atoms with van der Waals surface area (Å²) in [7, 11) is 0. The number of fused-ring (bicyclic) bond motifs is 1. The number of benzene rings is 1. The van der Waals surface area contributed by atoms with Gasteiger partial charge in [-0.3, -0.25) is 0 Å². The SMILES string of the molecule is CC(C)(C)NCc1cc(N2CCCC2)nc2ccccc12. The third-order valence-electron chi connectivity index (χ3n) is 4.03. The first kappa shape index (κ1) is 14.3. The van der Waals surface area contributed by atoms with E-state index in [9.17, 15) is 0 Å². The van der Waals surface area contributed by atoms with Crippen molar-refractivity contribution in [1.29, 1.82) is 0 Å². The number of hydrogen-bond acceptors (Lipinski definition) is 3. The maximum absolute atomic E-state index is 4.86. The van der Waals surface area contributed by atoms with Crippen molar-refractivity contribution >= 4 is 16.7 Å². The highest BCUT2D eigenvalue weighted by molar-refractivity contribution is 5.84. The number of para-hydroxylation sites is 1. The topological polar surface area (TPSA) is 28.2 Å². The number of anilines is 1. The maximum atomic E-state index is 4.86. The summed E-state index contributed by atoms with van der Waals surface area (Å²) in [6.45, 7) is 9.77. The Labute approximate surface area is 127 Å². The van der Waals surface area contributed by atoms with Crippen LogP contribution in [0.1, 0.15) is 39.2 Å². The Morgan fingerprint density at radius 1 is 1.14 bits per heavy atom. The van der Waals surface area contributed by atoms with Crippen molar-refractivity contribution < 1.29 is 0 Å². The summed E-state index contributed by atoms with van der Waals surface area (Å²) in [4.78, 5) is 7.27. The minimum absolute atomic E-state index is 0.123. The minimum Gasteiger partial charge on any atom is -0.357 e. The van der Waals surface area contributed by atoms with Gasteiger partial charge in [-0.25, -0.2) is 4.98 Å². The van der Waals surface area contributed by atoms with E-state index < -0.39 is 0 Å². The molecule has 1 aliphatic heterocycles. The molecule has 1 fully saturated rings. The summed E-state index contributed by atoms with van der Waals surface area (Å²) >= 11 is 0. The van der Waals surface area contributed by atoms with Gasteiger partial charge in [0.15, 0.2) is 0 Å². The third-order valence-corrected chi connectivity index (χ3v) is 4.03. The molecule has 3 heteroatoms. The second-order valence-electron chi connectivity index (χ2n) is 6.95. The number of hydrogen-bond donors (Lipinski definition) is 1. The number of aromatic nitrogens is 1. The third kappa shape index (κ3) is 3.35. The van der Waals surface area contributed by atoms with E-state index in [1.807, 2.05) is 0 Å². The molecule has 0 saturated carbocycles. The van der Waals surface area contributed by atoms with E-state index in [1.165, 1.54) is 23.8 Å². The van der Waals surface area contributed by atoms with Crippen molar-refractivity contribution in [3.63, 3.8) is 0 Å². The summed E-state index contributed by atoms with van der Waals surface area (Å²) in [5, 5.41) is 4.86. The van der Waals surface area contributed by atoms with Crippen LogP contribution in [0, 0.1) is 0 Å². The highest BCUT2D eigenvalue weighted by atomic mass is 15.2. The van der Waals surface area contributed by atoms with Crippen LogP contribution in [0.2, 0.25) is 0 Å². The van der Waals surface area contributed by atoms with Crippen LogP contribution in [-0.4, -0.2) is 23.6 Å². The lowest BCUT2D eigenvalue weighted by atomic mass is 10.1. The normalized spacial score (nSPS) is 15.9. The molecule has 0 spiro atoms. The smallest absolute Gasteiger partial charge is 0.129 e. The first-order chi connectivity index (χ1) is 10.0. The van der Waals surface area contributed by atoms with Gasteiger partial charge >= 0.3 is 0 Å². The first-order valence-electron chi connectivity index (χ1n) is 7.92. The molecule has 0 unspecified atom stereocenters. The summed E-state index contributed by atoms with van der Waals surface area (Å²) in [6, 6.07) is 10.7. The molecule has 0 aliphatic carbocycles. The van der Waals surface area contributed by atoms with E-state index in [2.05, 4.69) is 61.3 Å². The van der Waals surface area contributed by atoms with Gasteiger partial charge in [-0.15, -0.1) is 0 Å². The Morgan fingerprint density at radius 2 is 1.86 bits per heavy atom. The standard InChI is InChI=1S/C18H25N3/c1-18(2,3)19-13-14-12-17(21-10-6-7-11-21)20-16-9-5-4-8-15(14)16/h4-5,8-9,12,19H,6-7,10-11,13H2,1-3H3. The van der Waals surface area contributed by atoms with Crippen molar-refractivity contribution in [1.82, 2.24) is 10.3 Å². The minimum atomic E-state index is 0.123. The van der Waals surface area contributed by atoms with E-state index >= 15 is 0 Å². The van der Waals surface area contributed by atoms with E-state index in [0.29, 0.717) is 0 Å². The van der Waals surface area contributed by atoms with Crippen LogP contribution in [-0.2, 0) is 6.54 Å². The fourth-order valence-corrected chi connectivity index (χ4v) is 2.85. The fourth-order valence-electron chi connectivity index (χ4n) is 2.85. The summed E-state index contributed by atoms with van der Waals surface area (Å²) in [5.74, 6) is 1.14. The zero-order chi connectivity index (χ0) is 14.9. The molecular weight excluding hydrogens is 258 g/mol. The molecule has 0 bridgehead atoms. The number of nitrogens with zero attached hydrogens (tertiary/aromatic N) is 2. The average Bonchev–Trinajstić information content (AvgIpc) is 2.98. The highest BCUT2D eigenvalue weighted by Crippen LogP contribution is 2.25. The molecule has 1 saturated heterocycles. The Bertz CT molecular complexity index is 622. The maximum Gasteiger partial charge on any atom is 0.129 e. The molecule has 1 aliphatic rings. The fraction of sp³-hybridized carbons (Fsp3) is 0.500.